The summed E-state index contributed by atoms with van der Waals surface area (Å²) in [5.41, 5.74) is 0. The highest BCUT2D eigenvalue weighted by Crippen LogP contribution is 2.14. The van der Waals surface area contributed by atoms with Crippen molar-refractivity contribution in [3.63, 3.8) is 0 Å². The quantitative estimate of drug-likeness (QED) is 0.661. The van der Waals surface area contributed by atoms with Gasteiger partial charge in [-0.1, -0.05) is 0 Å². The molecule has 86 valence electrons. The molecular weight excluding hydrogens is 192 g/mol. The molecule has 0 aromatic carbocycles. The highest BCUT2D eigenvalue weighted by molar-refractivity contribution is 5.73. The van der Waals surface area contributed by atoms with Crippen LogP contribution in [0.3, 0.4) is 0 Å². The van der Waals surface area contributed by atoms with Crippen LogP contribution >= 0.6 is 0 Å². The molecule has 0 aliphatic carbocycles. The van der Waals surface area contributed by atoms with Gasteiger partial charge >= 0.3 is 0 Å². The standard InChI is InChI=1S/C11H20N2O2/c1-10(14)13-6-4-12(5-7-13)9-11-3-2-8-15-11/h11H,2-9H2,1H3. The van der Waals surface area contributed by atoms with Gasteiger partial charge in [-0.25, -0.2) is 0 Å². The Kier molecular flexibility index (Phi) is 3.59. The van der Waals surface area contributed by atoms with Crippen molar-refractivity contribution >= 4 is 5.91 Å². The number of carbonyl (C=O) groups is 1. The monoisotopic (exact) mass is 212 g/mol. The molecule has 1 atom stereocenters. The van der Waals surface area contributed by atoms with Gasteiger partial charge in [0, 0.05) is 46.3 Å². The summed E-state index contributed by atoms with van der Waals surface area (Å²) in [6.07, 6.45) is 2.85. The number of rotatable bonds is 2. The van der Waals surface area contributed by atoms with Crippen molar-refractivity contribution in [2.45, 2.75) is 25.9 Å². The molecule has 2 saturated heterocycles. The fraction of sp³-hybridized carbons (Fsp3) is 0.909. The van der Waals surface area contributed by atoms with Crippen molar-refractivity contribution in [3.8, 4) is 0 Å². The number of nitrogens with zero attached hydrogens (tertiary/aromatic N) is 2. The minimum atomic E-state index is 0.201. The zero-order valence-electron chi connectivity index (χ0n) is 9.45. The Balaban J connectivity index is 1.71. The molecule has 0 aromatic rings. The van der Waals surface area contributed by atoms with Crippen LogP contribution in [0.1, 0.15) is 19.8 Å². The predicted molar refractivity (Wildman–Crippen MR) is 57.7 cm³/mol. The average molecular weight is 212 g/mol. The summed E-state index contributed by atoms with van der Waals surface area (Å²) in [5, 5.41) is 0. The summed E-state index contributed by atoms with van der Waals surface area (Å²) in [6, 6.07) is 0. The maximum Gasteiger partial charge on any atom is 0.219 e. The Hall–Kier alpha value is -0.610. The summed E-state index contributed by atoms with van der Waals surface area (Å²) >= 11 is 0. The van der Waals surface area contributed by atoms with Gasteiger partial charge in [0.05, 0.1) is 6.10 Å². The first-order chi connectivity index (χ1) is 7.25. The second-order valence-corrected chi connectivity index (χ2v) is 4.44. The van der Waals surface area contributed by atoms with Crippen molar-refractivity contribution < 1.29 is 9.53 Å². The number of hydrogen-bond donors (Lipinski definition) is 0. The first-order valence-electron chi connectivity index (χ1n) is 5.85. The molecule has 0 bridgehead atoms. The van der Waals surface area contributed by atoms with Crippen LogP contribution in [0.25, 0.3) is 0 Å². The fourth-order valence-corrected chi connectivity index (χ4v) is 2.32. The first kappa shape index (κ1) is 10.9. The van der Waals surface area contributed by atoms with Crippen molar-refractivity contribution in [2.75, 3.05) is 39.3 Å². The van der Waals surface area contributed by atoms with Crippen LogP contribution in [0.2, 0.25) is 0 Å². The van der Waals surface area contributed by atoms with Gasteiger partial charge in [-0.15, -0.1) is 0 Å². The summed E-state index contributed by atoms with van der Waals surface area (Å²) in [7, 11) is 0. The van der Waals surface area contributed by atoms with E-state index in [1.165, 1.54) is 12.8 Å². The van der Waals surface area contributed by atoms with Crippen LogP contribution in [0, 0.1) is 0 Å². The Morgan fingerprint density at radius 1 is 1.33 bits per heavy atom. The molecule has 0 N–H and O–H groups in total. The van der Waals surface area contributed by atoms with E-state index in [4.69, 9.17) is 4.74 Å². The lowest BCUT2D eigenvalue weighted by atomic mass is 10.2. The molecule has 4 nitrogen and oxygen atoms in total. The lowest BCUT2D eigenvalue weighted by Gasteiger charge is -2.35. The number of carbonyl (C=O) groups excluding carboxylic acids is 1. The Bertz CT molecular complexity index is 219. The molecule has 4 heteroatoms. The van der Waals surface area contributed by atoms with Crippen molar-refractivity contribution in [1.29, 1.82) is 0 Å². The lowest BCUT2D eigenvalue weighted by Crippen LogP contribution is -2.49. The molecular formula is C11H20N2O2. The Morgan fingerprint density at radius 2 is 2.07 bits per heavy atom. The molecule has 2 fully saturated rings. The third-order valence-corrected chi connectivity index (χ3v) is 3.30. The molecule has 0 aromatic heterocycles. The van der Waals surface area contributed by atoms with Crippen LogP contribution in [-0.4, -0.2) is 61.1 Å². The van der Waals surface area contributed by atoms with Crippen LogP contribution in [0.5, 0.6) is 0 Å². The molecule has 2 aliphatic heterocycles. The smallest absolute Gasteiger partial charge is 0.219 e. The van der Waals surface area contributed by atoms with Gasteiger partial charge in [0.15, 0.2) is 0 Å². The van der Waals surface area contributed by atoms with Crippen LogP contribution in [-0.2, 0) is 9.53 Å². The van der Waals surface area contributed by atoms with Gasteiger partial charge < -0.3 is 9.64 Å². The van der Waals surface area contributed by atoms with Gasteiger partial charge in [0.1, 0.15) is 0 Å². The first-order valence-corrected chi connectivity index (χ1v) is 5.85. The lowest BCUT2D eigenvalue weighted by molar-refractivity contribution is -0.130. The van der Waals surface area contributed by atoms with Gasteiger partial charge in [0.2, 0.25) is 5.91 Å². The van der Waals surface area contributed by atoms with Crippen LogP contribution < -0.4 is 0 Å². The molecule has 2 heterocycles. The second kappa shape index (κ2) is 4.94. The van der Waals surface area contributed by atoms with Gasteiger partial charge in [0.25, 0.3) is 0 Å². The molecule has 0 spiro atoms. The molecule has 0 radical (unpaired) electrons. The zero-order valence-corrected chi connectivity index (χ0v) is 9.45. The summed E-state index contributed by atoms with van der Waals surface area (Å²) in [4.78, 5) is 15.5. The normalized spacial score (nSPS) is 28.3. The van der Waals surface area contributed by atoms with Gasteiger partial charge in [-0.3, -0.25) is 9.69 Å². The zero-order chi connectivity index (χ0) is 10.7. The van der Waals surface area contributed by atoms with E-state index in [2.05, 4.69) is 4.90 Å². The second-order valence-electron chi connectivity index (χ2n) is 4.44. The maximum atomic E-state index is 11.1. The minimum Gasteiger partial charge on any atom is -0.377 e. The van der Waals surface area contributed by atoms with Gasteiger partial charge in [-0.05, 0) is 12.8 Å². The number of piperazine rings is 1. The number of amides is 1. The highest BCUT2D eigenvalue weighted by Gasteiger charge is 2.23. The summed E-state index contributed by atoms with van der Waals surface area (Å²) in [6.45, 7) is 7.38. The van der Waals surface area contributed by atoms with Crippen LogP contribution in [0.4, 0.5) is 0 Å². The predicted octanol–water partition coefficient (Wildman–Crippen LogP) is 0.329. The highest BCUT2D eigenvalue weighted by atomic mass is 16.5. The third-order valence-electron chi connectivity index (χ3n) is 3.30. The largest absolute Gasteiger partial charge is 0.377 e. The minimum absolute atomic E-state index is 0.201. The molecule has 1 unspecified atom stereocenters. The average Bonchev–Trinajstić information content (AvgIpc) is 2.71. The topological polar surface area (TPSA) is 32.8 Å². The molecule has 15 heavy (non-hydrogen) atoms. The van der Waals surface area contributed by atoms with E-state index in [9.17, 15) is 4.79 Å². The van der Waals surface area contributed by atoms with Crippen molar-refractivity contribution in [2.24, 2.45) is 0 Å². The maximum absolute atomic E-state index is 11.1. The molecule has 1 amide bonds. The summed E-state index contributed by atoms with van der Waals surface area (Å²) in [5.74, 6) is 0.201. The van der Waals surface area contributed by atoms with Crippen molar-refractivity contribution in [3.05, 3.63) is 0 Å². The van der Waals surface area contributed by atoms with E-state index < -0.39 is 0 Å². The summed E-state index contributed by atoms with van der Waals surface area (Å²) < 4.78 is 5.61. The van der Waals surface area contributed by atoms with E-state index in [0.29, 0.717) is 6.10 Å². The third kappa shape index (κ3) is 2.92. The number of ether oxygens (including phenoxy) is 1. The number of hydrogen-bond acceptors (Lipinski definition) is 3. The van der Waals surface area contributed by atoms with Crippen LogP contribution in [0.15, 0.2) is 0 Å². The van der Waals surface area contributed by atoms with Gasteiger partial charge in [-0.2, -0.15) is 0 Å². The fourth-order valence-electron chi connectivity index (χ4n) is 2.32. The van der Waals surface area contributed by atoms with E-state index in [-0.39, 0.29) is 5.91 Å². The Labute approximate surface area is 91.2 Å². The van der Waals surface area contributed by atoms with E-state index in [1.54, 1.807) is 6.92 Å². The molecule has 2 rings (SSSR count). The van der Waals surface area contributed by atoms with E-state index in [1.807, 2.05) is 4.90 Å². The van der Waals surface area contributed by atoms with E-state index >= 15 is 0 Å². The SMILES string of the molecule is CC(=O)N1CCN(CC2CCCO2)CC1. The molecule has 0 saturated carbocycles. The van der Waals surface area contributed by atoms with Crippen molar-refractivity contribution in [1.82, 2.24) is 9.80 Å². The molecule has 2 aliphatic rings. The Morgan fingerprint density at radius 3 is 2.60 bits per heavy atom. The van der Waals surface area contributed by atoms with E-state index in [0.717, 1.165) is 39.3 Å².